The molecule has 4 rings (SSSR count). The summed E-state index contributed by atoms with van der Waals surface area (Å²) in [7, 11) is 0. The number of nitrogens with zero attached hydrogens (tertiary/aromatic N) is 3. The molecule has 2 aliphatic heterocycles. The number of hydrogen-bond donors (Lipinski definition) is 1. The highest BCUT2D eigenvalue weighted by atomic mass is 32.1. The monoisotopic (exact) mass is 470 g/mol. The van der Waals surface area contributed by atoms with Crippen LogP contribution in [0.25, 0.3) is 0 Å². The Hall–Kier alpha value is -2.40. The number of hydrazine groups is 1. The van der Waals surface area contributed by atoms with Gasteiger partial charge in [-0.15, -0.1) is 0 Å². The van der Waals surface area contributed by atoms with E-state index in [0.717, 1.165) is 17.8 Å². The lowest BCUT2D eigenvalue weighted by atomic mass is 10.1. The van der Waals surface area contributed by atoms with Gasteiger partial charge in [0.2, 0.25) is 0 Å². The minimum Gasteiger partial charge on any atom is -0.444 e. The summed E-state index contributed by atoms with van der Waals surface area (Å²) in [6, 6.07) is 4.53. The molecular formula is C21H25F3N4O3S. The molecule has 32 heavy (non-hydrogen) atoms. The summed E-state index contributed by atoms with van der Waals surface area (Å²) in [5.74, 6) is -1.18. The Morgan fingerprint density at radius 1 is 1.25 bits per heavy atom. The van der Waals surface area contributed by atoms with E-state index in [1.165, 1.54) is 11.0 Å². The van der Waals surface area contributed by atoms with Crippen molar-refractivity contribution in [2.45, 2.75) is 38.2 Å². The summed E-state index contributed by atoms with van der Waals surface area (Å²) in [6.45, 7) is 2.56. The van der Waals surface area contributed by atoms with E-state index < -0.39 is 30.2 Å². The van der Waals surface area contributed by atoms with Crippen molar-refractivity contribution in [3.8, 4) is 0 Å². The van der Waals surface area contributed by atoms with Crippen molar-refractivity contribution in [1.82, 2.24) is 10.4 Å². The minimum absolute atomic E-state index is 0.00593. The van der Waals surface area contributed by atoms with Crippen LogP contribution in [-0.4, -0.2) is 67.1 Å². The molecule has 1 amide bonds. The maximum absolute atomic E-state index is 15.0. The van der Waals surface area contributed by atoms with Gasteiger partial charge in [-0.2, -0.15) is 0 Å². The Kier molecular flexibility index (Phi) is 6.85. The Bertz CT molecular complexity index is 899. The number of alkyl halides is 2. The number of carbonyl (C=O) groups excluding carboxylic acids is 2. The van der Waals surface area contributed by atoms with Gasteiger partial charge >= 0.3 is 6.09 Å². The zero-order valence-electron chi connectivity index (χ0n) is 17.4. The van der Waals surface area contributed by atoms with Gasteiger partial charge in [0.05, 0.1) is 29.5 Å². The first kappa shape index (κ1) is 22.8. The number of carbonyl (C=O) groups is 2. The minimum atomic E-state index is -3.03. The molecule has 2 heterocycles. The van der Waals surface area contributed by atoms with Crippen molar-refractivity contribution in [1.29, 1.82) is 0 Å². The van der Waals surface area contributed by atoms with E-state index in [0.29, 0.717) is 43.5 Å². The number of benzene rings is 1. The quantitative estimate of drug-likeness (QED) is 0.615. The Labute approximate surface area is 189 Å². The molecule has 1 aliphatic carbocycles. The predicted molar refractivity (Wildman–Crippen MR) is 117 cm³/mol. The predicted octanol–water partition coefficient (Wildman–Crippen LogP) is 3.13. The molecule has 2 saturated heterocycles. The van der Waals surface area contributed by atoms with Crippen LogP contribution in [0.3, 0.4) is 0 Å². The van der Waals surface area contributed by atoms with Crippen molar-refractivity contribution >= 4 is 40.5 Å². The maximum Gasteiger partial charge on any atom is 0.414 e. The Balaban J connectivity index is 1.37. The molecule has 1 N–H and O–H groups in total. The van der Waals surface area contributed by atoms with Gasteiger partial charge in [0.25, 0.3) is 6.43 Å². The molecule has 7 nitrogen and oxygen atoms in total. The fraction of sp³-hybridized carbons (Fsp3) is 0.571. The number of ketones is 1. The molecule has 0 spiro atoms. The van der Waals surface area contributed by atoms with E-state index in [4.69, 9.17) is 17.0 Å². The Morgan fingerprint density at radius 2 is 2.03 bits per heavy atom. The summed E-state index contributed by atoms with van der Waals surface area (Å²) in [5, 5.41) is 1.98. The molecule has 0 aromatic heterocycles. The number of ether oxygens (including phenoxy) is 1. The van der Waals surface area contributed by atoms with E-state index in [9.17, 15) is 22.8 Å². The third-order valence-electron chi connectivity index (χ3n) is 5.88. The lowest BCUT2D eigenvalue weighted by molar-refractivity contribution is -0.129. The van der Waals surface area contributed by atoms with Crippen LogP contribution in [0.2, 0.25) is 0 Å². The van der Waals surface area contributed by atoms with Crippen LogP contribution in [-0.2, 0) is 9.53 Å². The van der Waals surface area contributed by atoms with Crippen molar-refractivity contribution in [2.24, 2.45) is 5.92 Å². The second-order valence-corrected chi connectivity index (χ2v) is 8.64. The average molecular weight is 471 g/mol. The third kappa shape index (κ3) is 5.15. The molecule has 1 atom stereocenters. The Morgan fingerprint density at radius 3 is 2.72 bits per heavy atom. The van der Waals surface area contributed by atoms with Gasteiger partial charge in [-0.3, -0.25) is 14.7 Å². The van der Waals surface area contributed by atoms with Crippen LogP contribution >= 0.6 is 12.2 Å². The van der Waals surface area contributed by atoms with Gasteiger partial charge < -0.3 is 9.64 Å². The smallest absolute Gasteiger partial charge is 0.414 e. The molecule has 3 aliphatic rings. The molecule has 3 fully saturated rings. The highest BCUT2D eigenvalue weighted by molar-refractivity contribution is 7.80. The molecule has 0 radical (unpaired) electrons. The summed E-state index contributed by atoms with van der Waals surface area (Å²) in [4.78, 5) is 27.4. The van der Waals surface area contributed by atoms with Crippen LogP contribution < -0.4 is 15.2 Å². The first-order valence-electron chi connectivity index (χ1n) is 10.7. The van der Waals surface area contributed by atoms with E-state index in [-0.39, 0.29) is 19.4 Å². The molecule has 0 bridgehead atoms. The molecule has 11 heteroatoms. The summed E-state index contributed by atoms with van der Waals surface area (Å²) in [6.07, 6.45) is -2.53. The van der Waals surface area contributed by atoms with E-state index in [2.05, 4.69) is 5.43 Å². The third-order valence-corrected chi connectivity index (χ3v) is 6.44. The normalized spacial score (nSPS) is 21.7. The summed E-state index contributed by atoms with van der Waals surface area (Å²) < 4.78 is 44.8. The standard InChI is InChI=1S/C21H25F3N4O3S/c22-16-11-14(27-12-15(31-21(27)30)4-6-18(29)19(23)24)3-5-17(16)26-8-7-25-28(10-9-26)20(32)13-1-2-13/h3,5,11,13,15,19,25H,1-2,4,6-10,12H2/t15-/m0/s1. The first-order valence-corrected chi connectivity index (χ1v) is 11.1. The number of Topliss-reactive ketones (excluding diaryl/α,β-unsaturated/α-hetero) is 1. The van der Waals surface area contributed by atoms with Crippen LogP contribution in [0, 0.1) is 11.7 Å². The van der Waals surface area contributed by atoms with Gasteiger partial charge in [0, 0.05) is 32.0 Å². The van der Waals surface area contributed by atoms with Gasteiger partial charge in [-0.1, -0.05) is 12.2 Å². The highest BCUT2D eigenvalue weighted by Gasteiger charge is 2.34. The zero-order valence-corrected chi connectivity index (χ0v) is 18.3. The van der Waals surface area contributed by atoms with Crippen molar-refractivity contribution in [3.05, 3.63) is 24.0 Å². The topological polar surface area (TPSA) is 65.1 Å². The SMILES string of the molecule is O=C(CC[C@H]1CN(c2ccc(N3CCNN(C(=S)C4CC4)CC3)c(F)c2)C(=O)O1)C(F)F. The molecular weight excluding hydrogens is 445 g/mol. The average Bonchev–Trinajstić information content (AvgIpc) is 3.57. The van der Waals surface area contributed by atoms with Crippen LogP contribution in [0.15, 0.2) is 18.2 Å². The van der Waals surface area contributed by atoms with Crippen molar-refractivity contribution < 1.29 is 27.5 Å². The van der Waals surface area contributed by atoms with Crippen molar-refractivity contribution in [3.63, 3.8) is 0 Å². The van der Waals surface area contributed by atoms with E-state index in [1.54, 1.807) is 12.1 Å². The summed E-state index contributed by atoms with van der Waals surface area (Å²) >= 11 is 5.51. The molecule has 1 aromatic carbocycles. The van der Waals surface area contributed by atoms with Crippen LogP contribution in [0.5, 0.6) is 0 Å². The number of nitrogens with one attached hydrogen (secondary N) is 1. The summed E-state index contributed by atoms with van der Waals surface area (Å²) in [5.41, 5.74) is 4.06. The first-order chi connectivity index (χ1) is 15.3. The van der Waals surface area contributed by atoms with Crippen LogP contribution in [0.1, 0.15) is 25.7 Å². The second kappa shape index (κ2) is 9.62. The number of anilines is 2. The number of amides is 1. The number of rotatable bonds is 7. The van der Waals surface area contributed by atoms with E-state index >= 15 is 0 Å². The van der Waals surface area contributed by atoms with E-state index in [1.807, 2.05) is 9.91 Å². The maximum atomic E-state index is 15.0. The zero-order chi connectivity index (χ0) is 22.8. The number of cyclic esters (lactones) is 1. The molecule has 1 aromatic rings. The van der Waals surface area contributed by atoms with Gasteiger partial charge in [0.15, 0.2) is 5.78 Å². The van der Waals surface area contributed by atoms with Crippen molar-refractivity contribution in [2.75, 3.05) is 42.5 Å². The molecule has 0 unspecified atom stereocenters. The van der Waals surface area contributed by atoms with Crippen LogP contribution in [0.4, 0.5) is 29.3 Å². The number of thiocarbonyl (C=S) groups is 1. The largest absolute Gasteiger partial charge is 0.444 e. The fourth-order valence-corrected chi connectivity index (χ4v) is 4.32. The molecule has 174 valence electrons. The lowest BCUT2D eigenvalue weighted by Gasteiger charge is -2.25. The second-order valence-electron chi connectivity index (χ2n) is 8.22. The highest BCUT2D eigenvalue weighted by Crippen LogP contribution is 2.32. The van der Waals surface area contributed by atoms with Gasteiger partial charge in [-0.05, 0) is 37.5 Å². The lowest BCUT2D eigenvalue weighted by Crippen LogP contribution is -2.43. The van der Waals surface area contributed by atoms with Gasteiger partial charge in [-0.25, -0.2) is 23.4 Å². The number of halogens is 3. The van der Waals surface area contributed by atoms with Gasteiger partial charge in [0.1, 0.15) is 11.9 Å². The number of hydrogen-bond acceptors (Lipinski definition) is 6. The fourth-order valence-electron chi connectivity index (χ4n) is 3.93. The molecule has 1 saturated carbocycles.